The summed E-state index contributed by atoms with van der Waals surface area (Å²) in [6, 6.07) is 0. The molecule has 1 heterocycles. The molecule has 8 heteroatoms. The number of aliphatic carboxylic acids is 1. The molecule has 2 N–H and O–H groups in total. The van der Waals surface area contributed by atoms with Gasteiger partial charge in [-0.25, -0.2) is 4.79 Å². The van der Waals surface area contributed by atoms with E-state index in [1.807, 2.05) is 36.3 Å². The second-order valence-corrected chi connectivity index (χ2v) is 3.59. The van der Waals surface area contributed by atoms with Crippen molar-refractivity contribution in [2.24, 2.45) is 0 Å². The minimum absolute atomic E-state index is 0.111. The zero-order chi connectivity index (χ0) is 13.8. The molecule has 0 spiro atoms. The summed E-state index contributed by atoms with van der Waals surface area (Å²) in [4.78, 5) is 12.9. The van der Waals surface area contributed by atoms with Crippen molar-refractivity contribution in [3.8, 4) is 0 Å². The molecular weight excluding hydrogens is 241 g/mol. The van der Waals surface area contributed by atoms with Crippen molar-refractivity contribution >= 4 is 5.97 Å². The zero-order valence-corrected chi connectivity index (χ0v) is 9.64. The van der Waals surface area contributed by atoms with E-state index in [1.54, 1.807) is 6.92 Å². The quantitative estimate of drug-likeness (QED) is 0.722. The molecule has 0 saturated carbocycles. The Kier molecular flexibility index (Phi) is 5.27. The lowest BCUT2D eigenvalue weighted by molar-refractivity contribution is -0.192. The molecular formula is C9H15F3N2O3. The number of carboxylic acids is 1. The second-order valence-electron chi connectivity index (χ2n) is 3.59. The lowest BCUT2D eigenvalue weighted by Crippen LogP contribution is -2.42. The summed E-state index contributed by atoms with van der Waals surface area (Å²) in [5.41, 5.74) is 0. The highest BCUT2D eigenvalue weighted by molar-refractivity contribution is 5.73. The molecule has 0 aromatic heterocycles. The topological polar surface area (TPSA) is 64.0 Å². The highest BCUT2D eigenvalue weighted by Gasteiger charge is 2.38. The van der Waals surface area contributed by atoms with E-state index in [-0.39, 0.29) is 12.3 Å². The van der Waals surface area contributed by atoms with Crippen LogP contribution in [-0.2, 0) is 4.79 Å². The van der Waals surface area contributed by atoms with Crippen LogP contribution in [0.3, 0.4) is 0 Å². The fourth-order valence-electron chi connectivity index (χ4n) is 1.35. The summed E-state index contributed by atoms with van der Waals surface area (Å²) >= 11 is 0. The van der Waals surface area contributed by atoms with E-state index in [1.165, 1.54) is 0 Å². The lowest BCUT2D eigenvalue weighted by atomic mass is 10.3. The van der Waals surface area contributed by atoms with Crippen molar-refractivity contribution in [2.45, 2.75) is 25.4 Å². The summed E-state index contributed by atoms with van der Waals surface area (Å²) in [6.07, 6.45) is -1.38. The zero-order valence-electron chi connectivity index (χ0n) is 9.64. The second kappa shape index (κ2) is 5.76. The minimum Gasteiger partial charge on any atom is -0.475 e. The van der Waals surface area contributed by atoms with Gasteiger partial charge >= 0.3 is 12.1 Å². The van der Waals surface area contributed by atoms with Gasteiger partial charge in [-0.05, 0) is 6.92 Å². The monoisotopic (exact) mass is 256 g/mol. The fourth-order valence-corrected chi connectivity index (χ4v) is 1.35. The summed E-state index contributed by atoms with van der Waals surface area (Å²) in [5.74, 6) is -2.76. The van der Waals surface area contributed by atoms with Crippen molar-refractivity contribution in [2.75, 3.05) is 14.1 Å². The van der Waals surface area contributed by atoms with Crippen molar-refractivity contribution in [3.63, 3.8) is 0 Å². The molecule has 0 bridgehead atoms. The van der Waals surface area contributed by atoms with Gasteiger partial charge in [0.15, 0.2) is 0 Å². The standard InChI is InChI=1S/C7H14N2O.C2HF3O2/c1-6(10)7-8(2)4-5-9(7)3;3-2(4,5)1(6)7/h4-7,10H,1-3H3;(H,6,7). The summed E-state index contributed by atoms with van der Waals surface area (Å²) in [7, 11) is 3.91. The van der Waals surface area contributed by atoms with Crippen LogP contribution >= 0.6 is 0 Å². The highest BCUT2D eigenvalue weighted by atomic mass is 19.4. The first-order valence-electron chi connectivity index (χ1n) is 4.67. The number of rotatable bonds is 1. The van der Waals surface area contributed by atoms with Gasteiger partial charge in [0.1, 0.15) is 6.17 Å². The van der Waals surface area contributed by atoms with E-state index < -0.39 is 12.1 Å². The Morgan fingerprint density at radius 3 is 1.71 bits per heavy atom. The molecule has 1 aliphatic heterocycles. The SMILES string of the molecule is CC(O)C1N(C)C=CN1C.O=C(O)C(F)(F)F. The summed E-state index contributed by atoms with van der Waals surface area (Å²) < 4.78 is 31.7. The van der Waals surface area contributed by atoms with E-state index in [9.17, 15) is 18.3 Å². The molecule has 17 heavy (non-hydrogen) atoms. The molecule has 0 radical (unpaired) electrons. The van der Waals surface area contributed by atoms with Gasteiger partial charge in [0.25, 0.3) is 0 Å². The first-order valence-corrected chi connectivity index (χ1v) is 4.67. The van der Waals surface area contributed by atoms with Crippen LogP contribution < -0.4 is 0 Å². The number of hydrogen-bond donors (Lipinski definition) is 2. The molecule has 0 amide bonds. The predicted octanol–water partition coefficient (Wildman–Crippen LogP) is 0.675. The minimum atomic E-state index is -5.08. The first kappa shape index (κ1) is 15.6. The Balaban J connectivity index is 0.000000325. The number of aliphatic hydroxyl groups excluding tert-OH is 1. The molecule has 1 atom stereocenters. The average Bonchev–Trinajstić information content (AvgIpc) is 2.45. The van der Waals surface area contributed by atoms with Gasteiger partial charge in [-0.3, -0.25) is 0 Å². The van der Waals surface area contributed by atoms with E-state index in [4.69, 9.17) is 9.90 Å². The van der Waals surface area contributed by atoms with Crippen LogP contribution in [-0.4, -0.2) is 58.5 Å². The molecule has 100 valence electrons. The molecule has 1 unspecified atom stereocenters. The molecule has 0 aromatic rings. The molecule has 1 rings (SSSR count). The van der Waals surface area contributed by atoms with Gasteiger partial charge in [0.2, 0.25) is 0 Å². The van der Waals surface area contributed by atoms with Crippen molar-refractivity contribution in [1.29, 1.82) is 0 Å². The Morgan fingerprint density at radius 2 is 1.59 bits per heavy atom. The number of carbonyl (C=O) groups is 1. The maximum absolute atomic E-state index is 10.6. The van der Waals surface area contributed by atoms with Crippen LogP contribution in [0.5, 0.6) is 0 Å². The van der Waals surface area contributed by atoms with Crippen molar-refractivity contribution in [3.05, 3.63) is 12.4 Å². The Labute approximate surface area is 96.7 Å². The van der Waals surface area contributed by atoms with Gasteiger partial charge in [-0.1, -0.05) is 0 Å². The number of halogens is 3. The van der Waals surface area contributed by atoms with Gasteiger partial charge in [0.05, 0.1) is 6.10 Å². The number of carboxylic acid groups (broad SMARTS) is 1. The maximum atomic E-state index is 10.6. The fraction of sp³-hybridized carbons (Fsp3) is 0.667. The molecule has 1 aliphatic rings. The number of likely N-dealkylation sites (N-methyl/N-ethyl adjacent to an activating group) is 2. The van der Waals surface area contributed by atoms with E-state index >= 15 is 0 Å². The van der Waals surface area contributed by atoms with Crippen LogP contribution in [0.1, 0.15) is 6.92 Å². The van der Waals surface area contributed by atoms with Crippen molar-refractivity contribution in [1.82, 2.24) is 9.80 Å². The number of alkyl halides is 3. The maximum Gasteiger partial charge on any atom is 0.490 e. The normalized spacial score (nSPS) is 17.8. The van der Waals surface area contributed by atoms with Crippen LogP contribution in [0, 0.1) is 0 Å². The first-order chi connectivity index (χ1) is 7.57. The number of aliphatic hydroxyl groups is 1. The van der Waals surface area contributed by atoms with Gasteiger partial charge in [-0.2, -0.15) is 13.2 Å². The number of hydrogen-bond acceptors (Lipinski definition) is 4. The molecule has 0 saturated heterocycles. The molecule has 0 aromatic carbocycles. The molecule has 5 nitrogen and oxygen atoms in total. The van der Waals surface area contributed by atoms with Crippen LogP contribution in [0.25, 0.3) is 0 Å². The summed E-state index contributed by atoms with van der Waals surface area (Å²) in [6.45, 7) is 1.80. The Bertz CT molecular complexity index is 280. The van der Waals surface area contributed by atoms with Crippen LogP contribution in [0.15, 0.2) is 12.4 Å². The molecule has 0 fully saturated rings. The van der Waals surface area contributed by atoms with Gasteiger partial charge in [0, 0.05) is 26.5 Å². The highest BCUT2D eigenvalue weighted by Crippen LogP contribution is 2.14. The number of nitrogens with zero attached hydrogens (tertiary/aromatic N) is 2. The van der Waals surface area contributed by atoms with Crippen molar-refractivity contribution < 1.29 is 28.2 Å². The average molecular weight is 256 g/mol. The molecule has 0 aliphatic carbocycles. The summed E-state index contributed by atoms with van der Waals surface area (Å²) in [5, 5.41) is 16.4. The van der Waals surface area contributed by atoms with Gasteiger partial charge in [-0.15, -0.1) is 0 Å². The van der Waals surface area contributed by atoms with Crippen LogP contribution in [0.2, 0.25) is 0 Å². The largest absolute Gasteiger partial charge is 0.490 e. The third-order valence-corrected chi connectivity index (χ3v) is 2.05. The van der Waals surface area contributed by atoms with E-state index in [0.717, 1.165) is 0 Å². The third kappa shape index (κ3) is 4.94. The van der Waals surface area contributed by atoms with E-state index in [0.29, 0.717) is 0 Å². The third-order valence-electron chi connectivity index (χ3n) is 2.05. The van der Waals surface area contributed by atoms with Crippen LogP contribution in [0.4, 0.5) is 13.2 Å². The Hall–Kier alpha value is -1.44. The smallest absolute Gasteiger partial charge is 0.475 e. The Morgan fingerprint density at radius 1 is 1.29 bits per heavy atom. The van der Waals surface area contributed by atoms with E-state index in [2.05, 4.69) is 0 Å². The lowest BCUT2D eigenvalue weighted by Gasteiger charge is -2.29. The van der Waals surface area contributed by atoms with Gasteiger partial charge < -0.3 is 20.0 Å². The predicted molar refractivity (Wildman–Crippen MR) is 53.8 cm³/mol.